The second-order valence-electron chi connectivity index (χ2n) is 5.71. The summed E-state index contributed by atoms with van der Waals surface area (Å²) in [6.45, 7) is 4.30. The highest BCUT2D eigenvalue weighted by Crippen LogP contribution is 2.19. The number of carbonyl (C=O) groups is 1. The first kappa shape index (κ1) is 20.4. The second-order valence-corrected chi connectivity index (χ2v) is 7.65. The summed E-state index contributed by atoms with van der Waals surface area (Å²) >= 11 is 0. The standard InChI is InChI=1S/C19H22N4O3S/c1-3-23(4-2)27(25,26)18-10-6-9-17(12-18)22-19(24)14-21-16-8-5-7-15(11-16)13-20/h5-12,21H,3-4,14H2,1-2H3,(H,22,24). The van der Waals surface area contributed by atoms with Gasteiger partial charge in [0.25, 0.3) is 0 Å². The quantitative estimate of drug-likeness (QED) is 0.726. The van der Waals surface area contributed by atoms with Crippen LogP contribution in [0.15, 0.2) is 53.4 Å². The van der Waals surface area contributed by atoms with E-state index in [0.717, 1.165) is 0 Å². The molecule has 0 aliphatic rings. The molecule has 2 aromatic rings. The topological polar surface area (TPSA) is 102 Å². The van der Waals surface area contributed by atoms with Gasteiger partial charge in [0.05, 0.1) is 23.1 Å². The maximum Gasteiger partial charge on any atom is 0.243 e. The van der Waals surface area contributed by atoms with Crippen molar-refractivity contribution in [2.75, 3.05) is 30.3 Å². The van der Waals surface area contributed by atoms with E-state index in [1.807, 2.05) is 6.07 Å². The summed E-state index contributed by atoms with van der Waals surface area (Å²) in [7, 11) is -3.59. The zero-order chi connectivity index (χ0) is 19.9. The molecule has 1 amide bonds. The molecule has 0 bridgehead atoms. The van der Waals surface area contributed by atoms with Crippen LogP contribution in [-0.4, -0.2) is 38.3 Å². The molecule has 0 radical (unpaired) electrons. The summed E-state index contributed by atoms with van der Waals surface area (Å²) in [5, 5.41) is 14.5. The van der Waals surface area contributed by atoms with Crippen molar-refractivity contribution in [1.82, 2.24) is 4.31 Å². The van der Waals surface area contributed by atoms with Crippen molar-refractivity contribution >= 4 is 27.3 Å². The number of benzene rings is 2. The largest absolute Gasteiger partial charge is 0.376 e. The summed E-state index contributed by atoms with van der Waals surface area (Å²) in [6, 6.07) is 15.0. The van der Waals surface area contributed by atoms with Crippen LogP contribution < -0.4 is 10.6 Å². The number of nitrogens with zero attached hydrogens (tertiary/aromatic N) is 2. The second kappa shape index (κ2) is 9.16. The molecule has 0 spiro atoms. The number of amides is 1. The van der Waals surface area contributed by atoms with Gasteiger partial charge in [-0.1, -0.05) is 26.0 Å². The Labute approximate surface area is 159 Å². The Kier molecular flexibility index (Phi) is 6.93. The molecular weight excluding hydrogens is 364 g/mol. The van der Waals surface area contributed by atoms with Gasteiger partial charge in [-0.25, -0.2) is 8.42 Å². The molecule has 0 saturated carbocycles. The van der Waals surface area contributed by atoms with Gasteiger partial charge in [-0.3, -0.25) is 4.79 Å². The van der Waals surface area contributed by atoms with Crippen molar-refractivity contribution in [1.29, 1.82) is 5.26 Å². The number of nitriles is 1. The first-order valence-electron chi connectivity index (χ1n) is 8.54. The Balaban J connectivity index is 2.05. The van der Waals surface area contributed by atoms with Crippen LogP contribution in [0.3, 0.4) is 0 Å². The third-order valence-corrected chi connectivity index (χ3v) is 5.95. The molecule has 0 atom stereocenters. The van der Waals surface area contributed by atoms with Gasteiger partial charge in [-0.15, -0.1) is 0 Å². The molecule has 2 N–H and O–H groups in total. The molecule has 0 aromatic heterocycles. The van der Waals surface area contributed by atoms with Gasteiger partial charge < -0.3 is 10.6 Å². The Hall–Kier alpha value is -2.89. The van der Waals surface area contributed by atoms with E-state index in [-0.39, 0.29) is 17.3 Å². The summed E-state index contributed by atoms with van der Waals surface area (Å²) < 4.78 is 26.5. The number of hydrogen-bond acceptors (Lipinski definition) is 5. The lowest BCUT2D eigenvalue weighted by atomic mass is 10.2. The van der Waals surface area contributed by atoms with Gasteiger partial charge in [0.2, 0.25) is 15.9 Å². The lowest BCUT2D eigenvalue weighted by Gasteiger charge is -2.18. The van der Waals surface area contributed by atoms with Crippen molar-refractivity contribution < 1.29 is 13.2 Å². The van der Waals surface area contributed by atoms with Crippen LogP contribution in [-0.2, 0) is 14.8 Å². The van der Waals surface area contributed by atoms with Gasteiger partial charge in [0.1, 0.15) is 0 Å². The van der Waals surface area contributed by atoms with Crippen molar-refractivity contribution in [3.63, 3.8) is 0 Å². The SMILES string of the molecule is CCN(CC)S(=O)(=O)c1cccc(NC(=O)CNc2cccc(C#N)c2)c1. The molecule has 0 saturated heterocycles. The summed E-state index contributed by atoms with van der Waals surface area (Å²) in [4.78, 5) is 12.3. The van der Waals surface area contributed by atoms with Gasteiger partial charge in [0, 0.05) is 24.5 Å². The first-order chi connectivity index (χ1) is 12.9. The average molecular weight is 386 g/mol. The Morgan fingerprint density at radius 1 is 1.07 bits per heavy atom. The van der Waals surface area contributed by atoms with Crippen LogP contribution in [0.2, 0.25) is 0 Å². The maximum absolute atomic E-state index is 12.6. The predicted octanol–water partition coefficient (Wildman–Crippen LogP) is 2.64. The third kappa shape index (κ3) is 5.29. The first-order valence-corrected chi connectivity index (χ1v) is 9.98. The van der Waals surface area contributed by atoms with E-state index >= 15 is 0 Å². The minimum atomic E-state index is -3.59. The van der Waals surface area contributed by atoms with Gasteiger partial charge >= 0.3 is 0 Å². The third-order valence-electron chi connectivity index (χ3n) is 3.91. The van der Waals surface area contributed by atoms with Gasteiger partial charge in [-0.2, -0.15) is 9.57 Å². The summed E-state index contributed by atoms with van der Waals surface area (Å²) in [5.41, 5.74) is 1.55. The number of hydrogen-bond donors (Lipinski definition) is 2. The summed E-state index contributed by atoms with van der Waals surface area (Å²) in [6.07, 6.45) is 0. The zero-order valence-electron chi connectivity index (χ0n) is 15.3. The van der Waals surface area contributed by atoms with E-state index < -0.39 is 10.0 Å². The lowest BCUT2D eigenvalue weighted by molar-refractivity contribution is -0.114. The number of rotatable bonds is 8. The average Bonchev–Trinajstić information content (AvgIpc) is 2.67. The molecule has 0 aliphatic heterocycles. The molecule has 2 aromatic carbocycles. The van der Waals surface area contributed by atoms with Crippen LogP contribution in [0.25, 0.3) is 0 Å². The Morgan fingerprint density at radius 2 is 1.74 bits per heavy atom. The van der Waals surface area contributed by atoms with E-state index in [1.54, 1.807) is 50.2 Å². The number of carbonyl (C=O) groups excluding carboxylic acids is 1. The van der Waals surface area contributed by atoms with Crippen molar-refractivity contribution in [2.45, 2.75) is 18.7 Å². The highest BCUT2D eigenvalue weighted by atomic mass is 32.2. The maximum atomic E-state index is 12.6. The predicted molar refractivity (Wildman–Crippen MR) is 105 cm³/mol. The Bertz CT molecular complexity index is 947. The fraction of sp³-hybridized carbons (Fsp3) is 0.263. The van der Waals surface area contributed by atoms with E-state index in [0.29, 0.717) is 30.0 Å². The molecule has 0 heterocycles. The smallest absolute Gasteiger partial charge is 0.243 e. The molecule has 27 heavy (non-hydrogen) atoms. The monoisotopic (exact) mass is 386 g/mol. The molecule has 0 aliphatic carbocycles. The van der Waals surface area contributed by atoms with Gasteiger partial charge in [0.15, 0.2) is 0 Å². The zero-order valence-corrected chi connectivity index (χ0v) is 16.1. The van der Waals surface area contributed by atoms with Crippen molar-refractivity contribution in [3.8, 4) is 6.07 Å². The fourth-order valence-corrected chi connectivity index (χ4v) is 4.04. The number of sulfonamides is 1. The number of nitrogens with one attached hydrogen (secondary N) is 2. The highest BCUT2D eigenvalue weighted by molar-refractivity contribution is 7.89. The molecule has 142 valence electrons. The molecule has 0 unspecified atom stereocenters. The van der Waals surface area contributed by atoms with Crippen LogP contribution in [0.5, 0.6) is 0 Å². The van der Waals surface area contributed by atoms with E-state index in [9.17, 15) is 13.2 Å². The van der Waals surface area contributed by atoms with Crippen LogP contribution >= 0.6 is 0 Å². The molecular formula is C19H22N4O3S. The summed E-state index contributed by atoms with van der Waals surface area (Å²) in [5.74, 6) is -0.324. The van der Waals surface area contributed by atoms with E-state index in [1.165, 1.54) is 16.4 Å². The van der Waals surface area contributed by atoms with Crippen LogP contribution in [0.1, 0.15) is 19.4 Å². The highest BCUT2D eigenvalue weighted by Gasteiger charge is 2.21. The molecule has 8 heteroatoms. The number of anilines is 2. The minimum Gasteiger partial charge on any atom is -0.376 e. The van der Waals surface area contributed by atoms with Gasteiger partial charge in [-0.05, 0) is 36.4 Å². The molecule has 0 fully saturated rings. The van der Waals surface area contributed by atoms with Crippen LogP contribution in [0.4, 0.5) is 11.4 Å². The molecule has 2 rings (SSSR count). The van der Waals surface area contributed by atoms with Crippen molar-refractivity contribution in [2.24, 2.45) is 0 Å². The van der Waals surface area contributed by atoms with Crippen LogP contribution in [0, 0.1) is 11.3 Å². The van der Waals surface area contributed by atoms with Crippen molar-refractivity contribution in [3.05, 3.63) is 54.1 Å². The fourth-order valence-electron chi connectivity index (χ4n) is 2.53. The Morgan fingerprint density at radius 3 is 2.41 bits per heavy atom. The van der Waals surface area contributed by atoms with E-state index in [4.69, 9.17) is 5.26 Å². The molecule has 7 nitrogen and oxygen atoms in total. The normalized spacial score (nSPS) is 11.0. The van der Waals surface area contributed by atoms with E-state index in [2.05, 4.69) is 10.6 Å². The minimum absolute atomic E-state index is 0.0120. The lowest BCUT2D eigenvalue weighted by Crippen LogP contribution is -2.30.